The zero-order valence-electron chi connectivity index (χ0n) is 40.3. The van der Waals surface area contributed by atoms with E-state index in [-0.39, 0.29) is 84.7 Å². The van der Waals surface area contributed by atoms with Gasteiger partial charge in [0.1, 0.15) is 24.2 Å². The SMILES string of the molecule is Cc1cn2cc(NC(=O)c3ccc(N4CC(C)NC(C)C4)c4ccc(OCCOCCOc5cnc6c(C(=O)Nc7cc(F)c8nc(C)cn8c7)ccc(N7CC(C)NC(C)C7)c6n5)nc34)cc(F)c2n1. The Balaban J connectivity index is 0.812. The zero-order valence-corrected chi connectivity index (χ0v) is 40.3. The van der Waals surface area contributed by atoms with Crippen LogP contribution in [0.25, 0.3) is 33.2 Å². The lowest BCUT2D eigenvalue weighted by Crippen LogP contribution is -2.54. The molecule has 10 rings (SSSR count). The minimum absolute atomic E-state index is 0.148. The number of halogens is 2. The highest BCUT2D eigenvalue weighted by molar-refractivity contribution is 6.14. The number of nitrogens with one attached hydrogen (secondary N) is 4. The Bertz CT molecular complexity index is 3310. The van der Waals surface area contributed by atoms with Gasteiger partial charge in [-0.3, -0.25) is 9.59 Å². The quantitative estimate of drug-likeness (QED) is 0.0841. The second kappa shape index (κ2) is 19.7. The molecule has 4 atom stereocenters. The van der Waals surface area contributed by atoms with E-state index in [9.17, 15) is 18.4 Å². The van der Waals surface area contributed by atoms with Crippen molar-refractivity contribution in [2.45, 2.75) is 65.7 Å². The van der Waals surface area contributed by atoms with Crippen LogP contribution < -0.4 is 40.5 Å². The first-order chi connectivity index (χ1) is 34.2. The number of imidazole rings is 2. The van der Waals surface area contributed by atoms with E-state index in [1.54, 1.807) is 61.2 Å². The van der Waals surface area contributed by atoms with Gasteiger partial charge in [0.15, 0.2) is 22.9 Å². The third kappa shape index (κ3) is 10.1. The summed E-state index contributed by atoms with van der Waals surface area (Å²) in [6.07, 6.45) is 8.09. The zero-order chi connectivity index (χ0) is 49.5. The van der Waals surface area contributed by atoms with Crippen molar-refractivity contribution in [3.63, 3.8) is 0 Å². The van der Waals surface area contributed by atoms with Gasteiger partial charge in [-0.1, -0.05) is 0 Å². The summed E-state index contributed by atoms with van der Waals surface area (Å²) in [5.41, 5.74) is 5.81. The fraction of sp³-hybridized carbons (Fsp3) is 0.353. The Morgan fingerprint density at radius 2 is 1.10 bits per heavy atom. The molecule has 0 aliphatic carbocycles. The summed E-state index contributed by atoms with van der Waals surface area (Å²) in [5.74, 6) is -1.48. The molecule has 2 amide bonds. The maximum Gasteiger partial charge on any atom is 0.257 e. The topological polar surface area (TPSA) is 190 Å². The average Bonchev–Trinajstić information content (AvgIpc) is 3.91. The minimum atomic E-state index is -0.558. The first-order valence-electron chi connectivity index (χ1n) is 23.7. The van der Waals surface area contributed by atoms with Crippen molar-refractivity contribution in [2.24, 2.45) is 0 Å². The molecule has 4 N–H and O–H groups in total. The highest BCUT2D eigenvalue weighted by atomic mass is 19.1. The van der Waals surface area contributed by atoms with Crippen LogP contribution in [0.4, 0.5) is 31.5 Å². The van der Waals surface area contributed by atoms with Crippen LogP contribution in [0.5, 0.6) is 11.8 Å². The molecule has 2 aliphatic heterocycles. The number of hydrogen-bond acceptors (Lipinski definition) is 14. The molecule has 20 heteroatoms. The van der Waals surface area contributed by atoms with Crippen LogP contribution in [-0.2, 0) is 4.74 Å². The molecule has 71 heavy (non-hydrogen) atoms. The smallest absolute Gasteiger partial charge is 0.257 e. The van der Waals surface area contributed by atoms with E-state index in [0.29, 0.717) is 52.5 Å². The molecular weight excluding hydrogens is 913 g/mol. The van der Waals surface area contributed by atoms with Gasteiger partial charge in [0, 0.05) is 104 Å². The number of ether oxygens (including phenoxy) is 3. The Labute approximate surface area is 407 Å². The van der Waals surface area contributed by atoms with Gasteiger partial charge in [0.2, 0.25) is 11.8 Å². The molecule has 2 saturated heterocycles. The third-order valence-corrected chi connectivity index (χ3v) is 12.5. The first-order valence-corrected chi connectivity index (χ1v) is 23.7. The number of carbonyl (C=O) groups excluding carboxylic acids is 2. The van der Waals surface area contributed by atoms with E-state index in [2.05, 4.69) is 73.7 Å². The Kier molecular flexibility index (Phi) is 13.1. The maximum atomic E-state index is 15.0. The van der Waals surface area contributed by atoms with Crippen molar-refractivity contribution in [1.29, 1.82) is 0 Å². The molecule has 2 aliphatic rings. The van der Waals surface area contributed by atoms with Crippen LogP contribution in [-0.4, -0.2) is 122 Å². The molecule has 0 spiro atoms. The predicted octanol–water partition coefficient (Wildman–Crippen LogP) is 6.72. The number of aryl methyl sites for hydroxylation is 2. The molecular formula is C51H55F2N13O5. The fourth-order valence-corrected chi connectivity index (χ4v) is 9.75. The Morgan fingerprint density at radius 1 is 0.606 bits per heavy atom. The van der Waals surface area contributed by atoms with Crippen molar-refractivity contribution in [2.75, 3.05) is 73.0 Å². The normalized spacial score (nSPS) is 18.4. The number of piperazine rings is 2. The van der Waals surface area contributed by atoms with Gasteiger partial charge < -0.3 is 54.1 Å². The third-order valence-electron chi connectivity index (χ3n) is 12.5. The number of rotatable bonds is 14. The van der Waals surface area contributed by atoms with E-state index in [4.69, 9.17) is 24.2 Å². The summed E-state index contributed by atoms with van der Waals surface area (Å²) in [6.45, 7) is 15.7. The van der Waals surface area contributed by atoms with E-state index in [1.807, 2.05) is 18.2 Å². The van der Waals surface area contributed by atoms with Crippen LogP contribution >= 0.6 is 0 Å². The monoisotopic (exact) mass is 967 g/mol. The number of anilines is 4. The molecule has 8 heterocycles. The molecule has 18 nitrogen and oxygen atoms in total. The number of pyridine rings is 3. The number of nitrogens with zero attached hydrogens (tertiary/aromatic N) is 9. The van der Waals surface area contributed by atoms with Crippen molar-refractivity contribution in [3.05, 3.63) is 114 Å². The lowest BCUT2D eigenvalue weighted by molar-refractivity contribution is 0.0743. The second-order valence-corrected chi connectivity index (χ2v) is 18.6. The number of amides is 2. The highest BCUT2D eigenvalue weighted by Crippen LogP contribution is 2.34. The standard InChI is InChI=1S/C51H55F2N13O5/c1-28-20-63(21-29(2)55-28)41-10-7-37(50(67)59-34-17-39(52)48-57-32(5)24-65(48)26-34)45-36(41)9-12-43(61-45)70-15-13-69-14-16-71-44-19-54-46-38(8-11-42(47(46)62-44)64-22-30(3)56-31(4)23-64)51(68)60-35-18-40(53)49-58-33(6)25-66(49)27-35/h7-12,17-19,24-31,55-56H,13-16,20-23H2,1-6H3,(H,59,67)(H,60,68). The molecule has 6 aromatic heterocycles. The number of fused-ring (bicyclic) bond motifs is 4. The second-order valence-electron chi connectivity index (χ2n) is 18.6. The van der Waals surface area contributed by atoms with Crippen molar-refractivity contribution < 1.29 is 32.6 Å². The van der Waals surface area contributed by atoms with Gasteiger partial charge in [-0.05, 0) is 71.9 Å². The molecule has 4 unspecified atom stereocenters. The van der Waals surface area contributed by atoms with Crippen LogP contribution in [0.15, 0.2) is 79.5 Å². The average molecular weight is 968 g/mol. The molecule has 2 aromatic carbocycles. The van der Waals surface area contributed by atoms with Gasteiger partial charge in [0.05, 0.1) is 64.5 Å². The summed E-state index contributed by atoms with van der Waals surface area (Å²) in [5, 5.41) is 13.6. The van der Waals surface area contributed by atoms with Crippen LogP contribution in [0, 0.1) is 25.5 Å². The predicted molar refractivity (Wildman–Crippen MR) is 267 cm³/mol. The molecule has 0 radical (unpaired) electrons. The molecule has 8 aromatic rings. The van der Waals surface area contributed by atoms with Crippen LogP contribution in [0.3, 0.4) is 0 Å². The Hall–Kier alpha value is -7.55. The highest BCUT2D eigenvalue weighted by Gasteiger charge is 2.27. The summed E-state index contributed by atoms with van der Waals surface area (Å²) in [6, 6.07) is 14.4. The summed E-state index contributed by atoms with van der Waals surface area (Å²) >= 11 is 0. The van der Waals surface area contributed by atoms with Gasteiger partial charge in [0.25, 0.3) is 11.8 Å². The summed E-state index contributed by atoms with van der Waals surface area (Å²) in [4.78, 5) is 55.1. The Morgan fingerprint density at radius 3 is 1.66 bits per heavy atom. The number of carbonyl (C=O) groups is 2. The van der Waals surface area contributed by atoms with Crippen molar-refractivity contribution >= 4 is 67.8 Å². The van der Waals surface area contributed by atoms with Gasteiger partial charge in [-0.15, -0.1) is 0 Å². The minimum Gasteiger partial charge on any atom is -0.475 e. The van der Waals surface area contributed by atoms with Crippen molar-refractivity contribution in [3.8, 4) is 11.8 Å². The van der Waals surface area contributed by atoms with E-state index >= 15 is 0 Å². The number of hydrogen-bond donors (Lipinski definition) is 4. The largest absolute Gasteiger partial charge is 0.475 e. The maximum absolute atomic E-state index is 15.0. The van der Waals surface area contributed by atoms with E-state index in [0.717, 1.165) is 29.9 Å². The van der Waals surface area contributed by atoms with Crippen molar-refractivity contribution in [1.82, 2.24) is 44.4 Å². The van der Waals surface area contributed by atoms with Crippen LogP contribution in [0.2, 0.25) is 0 Å². The van der Waals surface area contributed by atoms with E-state index < -0.39 is 23.4 Å². The fourth-order valence-electron chi connectivity index (χ4n) is 9.75. The van der Waals surface area contributed by atoms with Gasteiger partial charge in [-0.25, -0.2) is 33.7 Å². The molecule has 0 bridgehead atoms. The van der Waals surface area contributed by atoms with Gasteiger partial charge in [-0.2, -0.15) is 0 Å². The number of benzene rings is 2. The molecule has 0 saturated carbocycles. The molecule has 368 valence electrons. The molecule has 2 fully saturated rings. The lowest BCUT2D eigenvalue weighted by atomic mass is 10.0. The summed E-state index contributed by atoms with van der Waals surface area (Å²) in [7, 11) is 0. The van der Waals surface area contributed by atoms with Gasteiger partial charge >= 0.3 is 0 Å². The lowest BCUT2D eigenvalue weighted by Gasteiger charge is -2.38. The first kappa shape index (κ1) is 47.1. The summed E-state index contributed by atoms with van der Waals surface area (Å²) < 4.78 is 51.0. The van der Waals surface area contributed by atoms with Crippen LogP contribution in [0.1, 0.15) is 59.8 Å². The number of aromatic nitrogens is 7. The van der Waals surface area contributed by atoms with E-state index in [1.165, 1.54) is 22.7 Å².